The Balaban J connectivity index is 1.67. The lowest BCUT2D eigenvalue weighted by Crippen LogP contribution is -2.23. The first-order chi connectivity index (χ1) is 13.2. The lowest BCUT2D eigenvalue weighted by Gasteiger charge is -2.26. The van der Waals surface area contributed by atoms with Crippen molar-refractivity contribution in [2.75, 3.05) is 10.6 Å². The summed E-state index contributed by atoms with van der Waals surface area (Å²) in [4.78, 5) is 12.4. The molecule has 144 valence electrons. The summed E-state index contributed by atoms with van der Waals surface area (Å²) in [5.41, 5.74) is 0.940. The minimum absolute atomic E-state index is 0.284. The quantitative estimate of drug-likeness (QED) is 0.612. The van der Waals surface area contributed by atoms with Crippen molar-refractivity contribution in [1.82, 2.24) is 9.78 Å². The van der Waals surface area contributed by atoms with Crippen LogP contribution in [-0.2, 0) is 6.18 Å². The van der Waals surface area contributed by atoms with E-state index in [-0.39, 0.29) is 5.56 Å². The molecule has 0 saturated carbocycles. The maximum Gasteiger partial charge on any atom is 0.435 e. The molecular formula is C19H14F4N4O. The third-order valence-corrected chi connectivity index (χ3v) is 4.40. The van der Waals surface area contributed by atoms with Gasteiger partial charge >= 0.3 is 6.18 Å². The summed E-state index contributed by atoms with van der Waals surface area (Å²) in [6.45, 7) is 1.67. The number of nitrogens with one attached hydrogen (secondary N) is 2. The lowest BCUT2D eigenvalue weighted by atomic mass is 10.0. The number of benzene rings is 2. The highest BCUT2D eigenvalue weighted by molar-refractivity contribution is 6.05. The molecule has 1 atom stereocenters. The molecule has 0 bridgehead atoms. The Bertz CT molecular complexity index is 1070. The van der Waals surface area contributed by atoms with E-state index in [0.717, 1.165) is 6.07 Å². The number of fused-ring (bicyclic) bond motifs is 3. The van der Waals surface area contributed by atoms with Gasteiger partial charge in [0, 0.05) is 22.5 Å². The fourth-order valence-electron chi connectivity index (χ4n) is 3.11. The van der Waals surface area contributed by atoms with Crippen LogP contribution in [0.3, 0.4) is 0 Å². The van der Waals surface area contributed by atoms with Gasteiger partial charge in [-0.15, -0.1) is 0 Å². The molecule has 5 nitrogen and oxygen atoms in total. The van der Waals surface area contributed by atoms with Gasteiger partial charge in [0.2, 0.25) is 0 Å². The number of alkyl halides is 3. The van der Waals surface area contributed by atoms with Gasteiger partial charge in [0.25, 0.3) is 5.91 Å². The number of anilines is 2. The van der Waals surface area contributed by atoms with Crippen molar-refractivity contribution in [3.05, 3.63) is 65.6 Å². The van der Waals surface area contributed by atoms with Gasteiger partial charge in [-0.2, -0.15) is 18.3 Å². The Hall–Kier alpha value is -3.36. The predicted molar refractivity (Wildman–Crippen MR) is 95.4 cm³/mol. The molecule has 2 N–H and O–H groups in total. The van der Waals surface area contributed by atoms with E-state index in [1.807, 2.05) is 0 Å². The average molecular weight is 390 g/mol. The van der Waals surface area contributed by atoms with Crippen LogP contribution in [0.15, 0.2) is 48.5 Å². The van der Waals surface area contributed by atoms with Crippen molar-refractivity contribution in [3.8, 4) is 11.3 Å². The molecule has 1 aliphatic rings. The third kappa shape index (κ3) is 3.19. The highest BCUT2D eigenvalue weighted by Crippen LogP contribution is 2.39. The standard InChI is InChI=1S/C19H14F4N4O/c1-10-24-15-7-11(18(28)25-13-4-2-3-12(20)8-13)5-6-14(15)16-9-17(19(21,22)23)26-27(10)16/h2-10,24H,1H3,(H,25,28). The van der Waals surface area contributed by atoms with Gasteiger partial charge in [-0.25, -0.2) is 9.07 Å². The number of aromatic nitrogens is 2. The van der Waals surface area contributed by atoms with Gasteiger partial charge < -0.3 is 10.6 Å². The van der Waals surface area contributed by atoms with E-state index >= 15 is 0 Å². The largest absolute Gasteiger partial charge is 0.435 e. The van der Waals surface area contributed by atoms with Crippen LogP contribution in [0.2, 0.25) is 0 Å². The van der Waals surface area contributed by atoms with Gasteiger partial charge in [0.1, 0.15) is 12.0 Å². The Kier molecular flexibility index (Phi) is 4.10. The van der Waals surface area contributed by atoms with Gasteiger partial charge in [0.15, 0.2) is 5.69 Å². The van der Waals surface area contributed by atoms with Crippen LogP contribution in [0.4, 0.5) is 28.9 Å². The SMILES string of the molecule is CC1Nc2cc(C(=O)Nc3cccc(F)c3)ccc2-c2cc(C(F)(F)F)nn21. The van der Waals surface area contributed by atoms with Crippen LogP contribution in [0.1, 0.15) is 29.1 Å². The van der Waals surface area contributed by atoms with Crippen molar-refractivity contribution >= 4 is 17.3 Å². The second kappa shape index (κ2) is 6.36. The summed E-state index contributed by atoms with van der Waals surface area (Å²) in [6, 6.07) is 11.1. The molecule has 0 fully saturated rings. The zero-order chi connectivity index (χ0) is 20.1. The van der Waals surface area contributed by atoms with Crippen LogP contribution >= 0.6 is 0 Å². The highest BCUT2D eigenvalue weighted by atomic mass is 19.4. The fourth-order valence-corrected chi connectivity index (χ4v) is 3.11. The third-order valence-electron chi connectivity index (χ3n) is 4.40. The molecule has 4 rings (SSSR count). The molecule has 2 aromatic carbocycles. The van der Waals surface area contributed by atoms with E-state index < -0.39 is 29.8 Å². The number of amides is 1. The zero-order valence-electron chi connectivity index (χ0n) is 14.5. The van der Waals surface area contributed by atoms with Gasteiger partial charge in [-0.3, -0.25) is 4.79 Å². The summed E-state index contributed by atoms with van der Waals surface area (Å²) >= 11 is 0. The van der Waals surface area contributed by atoms with Crippen LogP contribution in [-0.4, -0.2) is 15.7 Å². The molecule has 1 amide bonds. The number of carbonyl (C=O) groups is 1. The summed E-state index contributed by atoms with van der Waals surface area (Å²) in [5.74, 6) is -0.939. The molecule has 28 heavy (non-hydrogen) atoms. The Morgan fingerprint density at radius 3 is 2.68 bits per heavy atom. The van der Waals surface area contributed by atoms with E-state index in [1.165, 1.54) is 28.9 Å². The summed E-state index contributed by atoms with van der Waals surface area (Å²) in [5, 5.41) is 9.27. The number of nitrogens with zero attached hydrogens (tertiary/aromatic N) is 2. The first-order valence-corrected chi connectivity index (χ1v) is 8.37. The van der Waals surface area contributed by atoms with Crippen molar-refractivity contribution in [2.45, 2.75) is 19.3 Å². The van der Waals surface area contributed by atoms with Crippen LogP contribution < -0.4 is 10.6 Å². The molecule has 3 aromatic rings. The molecule has 0 aliphatic carbocycles. The van der Waals surface area contributed by atoms with Gasteiger partial charge in [-0.05, 0) is 49.4 Å². The first-order valence-electron chi connectivity index (χ1n) is 8.37. The van der Waals surface area contributed by atoms with E-state index in [0.29, 0.717) is 22.6 Å². The molecule has 0 radical (unpaired) electrons. The molecule has 0 spiro atoms. The summed E-state index contributed by atoms with van der Waals surface area (Å²) < 4.78 is 53.5. The van der Waals surface area contributed by atoms with E-state index in [9.17, 15) is 22.4 Å². The van der Waals surface area contributed by atoms with Crippen molar-refractivity contribution in [3.63, 3.8) is 0 Å². The Labute approximate surface area is 157 Å². The first kappa shape index (κ1) is 18.0. The summed E-state index contributed by atoms with van der Waals surface area (Å²) in [6.07, 6.45) is -5.07. The zero-order valence-corrected chi connectivity index (χ0v) is 14.5. The molecule has 1 aromatic heterocycles. The molecular weight excluding hydrogens is 376 g/mol. The number of carbonyl (C=O) groups excluding carboxylic acids is 1. The summed E-state index contributed by atoms with van der Waals surface area (Å²) in [7, 11) is 0. The van der Waals surface area contributed by atoms with Crippen LogP contribution in [0.5, 0.6) is 0 Å². The van der Waals surface area contributed by atoms with Crippen molar-refractivity contribution in [2.24, 2.45) is 0 Å². The van der Waals surface area contributed by atoms with Crippen LogP contribution in [0, 0.1) is 5.82 Å². The smallest absolute Gasteiger partial charge is 0.363 e. The highest BCUT2D eigenvalue weighted by Gasteiger charge is 2.37. The number of halogens is 4. The second-order valence-electron chi connectivity index (χ2n) is 6.40. The van der Waals surface area contributed by atoms with E-state index in [1.54, 1.807) is 25.1 Å². The van der Waals surface area contributed by atoms with Crippen LogP contribution in [0.25, 0.3) is 11.3 Å². The lowest BCUT2D eigenvalue weighted by molar-refractivity contribution is -0.141. The van der Waals surface area contributed by atoms with Gasteiger partial charge in [0.05, 0.1) is 5.69 Å². The number of hydrogen-bond acceptors (Lipinski definition) is 3. The minimum Gasteiger partial charge on any atom is -0.363 e. The number of rotatable bonds is 2. The topological polar surface area (TPSA) is 59.0 Å². The molecule has 1 unspecified atom stereocenters. The average Bonchev–Trinajstić information content (AvgIpc) is 3.08. The van der Waals surface area contributed by atoms with E-state index in [4.69, 9.17) is 0 Å². The number of hydrogen-bond donors (Lipinski definition) is 2. The maximum absolute atomic E-state index is 13.3. The Morgan fingerprint density at radius 2 is 1.96 bits per heavy atom. The molecule has 2 heterocycles. The normalized spacial score (nSPS) is 15.4. The minimum atomic E-state index is -4.55. The molecule has 0 saturated heterocycles. The second-order valence-corrected chi connectivity index (χ2v) is 6.40. The van der Waals surface area contributed by atoms with Crippen molar-refractivity contribution in [1.29, 1.82) is 0 Å². The fraction of sp³-hybridized carbons (Fsp3) is 0.158. The van der Waals surface area contributed by atoms with Crippen molar-refractivity contribution < 1.29 is 22.4 Å². The molecule has 1 aliphatic heterocycles. The maximum atomic E-state index is 13.3. The van der Waals surface area contributed by atoms with E-state index in [2.05, 4.69) is 15.7 Å². The predicted octanol–water partition coefficient (Wildman–Crippen LogP) is 4.90. The van der Waals surface area contributed by atoms with Gasteiger partial charge in [-0.1, -0.05) is 6.07 Å². The monoisotopic (exact) mass is 390 g/mol. The molecule has 9 heteroatoms. The Morgan fingerprint density at radius 1 is 1.18 bits per heavy atom.